The number of hydrogen-bond donors (Lipinski definition) is 2. The average Bonchev–Trinajstić information content (AvgIpc) is 3.31. The van der Waals surface area contributed by atoms with Crippen molar-refractivity contribution in [3.8, 4) is 17.1 Å². The summed E-state index contributed by atoms with van der Waals surface area (Å²) in [4.78, 5) is 27.1. The second-order valence-electron chi connectivity index (χ2n) is 5.58. The van der Waals surface area contributed by atoms with Gasteiger partial charge in [-0.2, -0.15) is 4.98 Å². The van der Waals surface area contributed by atoms with Crippen LogP contribution in [0.3, 0.4) is 0 Å². The Morgan fingerprint density at radius 2 is 2.22 bits per heavy atom. The van der Waals surface area contributed by atoms with E-state index >= 15 is 0 Å². The number of nitrogens with zero attached hydrogens (tertiary/aromatic N) is 5. The first-order valence-electron chi connectivity index (χ1n) is 7.87. The molecule has 0 saturated carbocycles. The Labute approximate surface area is 152 Å². The van der Waals surface area contributed by atoms with E-state index in [-0.39, 0.29) is 18.1 Å². The van der Waals surface area contributed by atoms with E-state index in [0.29, 0.717) is 17.1 Å². The van der Waals surface area contributed by atoms with Crippen LogP contribution in [0.5, 0.6) is 5.75 Å². The normalized spacial score (nSPS) is 11.8. The lowest BCUT2D eigenvalue weighted by molar-refractivity contribution is -0.122. The molecular formula is C16H16N6O5. The standard InChI is InChI=1S/C16H16N6O5/c1-9(17-13(23)8-22-7-12(16(24)25)19-21-22)15-18-14(20-27-15)10-4-3-5-11(6-10)26-2/h3-7,9H,8H2,1-2H3,(H,17,23)(H,24,25). The molecule has 0 saturated heterocycles. The summed E-state index contributed by atoms with van der Waals surface area (Å²) in [7, 11) is 1.56. The third-order valence-electron chi connectivity index (χ3n) is 3.58. The van der Waals surface area contributed by atoms with E-state index in [2.05, 4.69) is 25.8 Å². The highest BCUT2D eigenvalue weighted by Crippen LogP contribution is 2.22. The minimum Gasteiger partial charge on any atom is -0.497 e. The maximum atomic E-state index is 12.1. The summed E-state index contributed by atoms with van der Waals surface area (Å²) in [5, 5.41) is 22.4. The highest BCUT2D eigenvalue weighted by Gasteiger charge is 2.18. The fraction of sp³-hybridized carbons (Fsp3) is 0.250. The first-order valence-corrected chi connectivity index (χ1v) is 7.87. The SMILES string of the molecule is COc1cccc(-c2noc(C(C)NC(=O)Cn3cc(C(=O)O)nn3)n2)c1. The molecule has 0 fully saturated rings. The molecule has 0 spiro atoms. The van der Waals surface area contributed by atoms with Crippen LogP contribution < -0.4 is 10.1 Å². The molecule has 2 N–H and O–H groups in total. The van der Waals surface area contributed by atoms with E-state index in [1.165, 1.54) is 6.20 Å². The lowest BCUT2D eigenvalue weighted by Gasteiger charge is -2.09. The minimum atomic E-state index is -1.22. The van der Waals surface area contributed by atoms with Gasteiger partial charge in [-0.1, -0.05) is 22.5 Å². The number of carbonyl (C=O) groups excluding carboxylic acids is 1. The second-order valence-corrected chi connectivity index (χ2v) is 5.58. The summed E-state index contributed by atoms with van der Waals surface area (Å²) in [5.41, 5.74) is 0.474. The molecule has 0 aliphatic heterocycles. The van der Waals surface area contributed by atoms with Crippen LogP contribution in [0.15, 0.2) is 35.0 Å². The fourth-order valence-electron chi connectivity index (χ4n) is 2.26. The summed E-state index contributed by atoms with van der Waals surface area (Å²) in [6, 6.07) is 6.63. The molecule has 0 aliphatic rings. The van der Waals surface area contributed by atoms with Crippen molar-refractivity contribution in [2.75, 3.05) is 7.11 Å². The lowest BCUT2D eigenvalue weighted by atomic mass is 10.2. The van der Waals surface area contributed by atoms with Gasteiger partial charge in [0.25, 0.3) is 0 Å². The van der Waals surface area contributed by atoms with Gasteiger partial charge in [-0.25, -0.2) is 9.48 Å². The topological polar surface area (TPSA) is 145 Å². The van der Waals surface area contributed by atoms with Gasteiger partial charge in [0, 0.05) is 5.56 Å². The number of nitrogens with one attached hydrogen (secondary N) is 1. The molecule has 11 heteroatoms. The monoisotopic (exact) mass is 372 g/mol. The first-order chi connectivity index (χ1) is 13.0. The molecule has 2 aromatic heterocycles. The quantitative estimate of drug-likeness (QED) is 0.618. The molecule has 0 bridgehead atoms. The van der Waals surface area contributed by atoms with Gasteiger partial charge in [0.2, 0.25) is 17.6 Å². The Balaban J connectivity index is 1.63. The maximum Gasteiger partial charge on any atom is 0.358 e. The van der Waals surface area contributed by atoms with Crippen LogP contribution in [0.4, 0.5) is 0 Å². The van der Waals surface area contributed by atoms with Gasteiger partial charge < -0.3 is 19.7 Å². The zero-order valence-corrected chi connectivity index (χ0v) is 14.5. The van der Waals surface area contributed by atoms with Gasteiger partial charge in [-0.3, -0.25) is 4.79 Å². The number of methoxy groups -OCH3 is 1. The minimum absolute atomic E-state index is 0.193. The molecule has 3 rings (SSSR count). The highest BCUT2D eigenvalue weighted by molar-refractivity contribution is 5.84. The van der Waals surface area contributed by atoms with Gasteiger partial charge in [0.05, 0.1) is 13.3 Å². The van der Waals surface area contributed by atoms with Crippen molar-refractivity contribution in [1.29, 1.82) is 0 Å². The lowest BCUT2D eigenvalue weighted by Crippen LogP contribution is -2.30. The molecule has 1 amide bonds. The van der Waals surface area contributed by atoms with E-state index in [9.17, 15) is 9.59 Å². The molecule has 2 heterocycles. The number of amides is 1. The van der Waals surface area contributed by atoms with E-state index in [1.807, 2.05) is 6.07 Å². The predicted octanol–water partition coefficient (Wildman–Crippen LogP) is 0.912. The van der Waals surface area contributed by atoms with E-state index in [0.717, 1.165) is 4.68 Å². The van der Waals surface area contributed by atoms with Gasteiger partial charge in [-0.15, -0.1) is 5.10 Å². The highest BCUT2D eigenvalue weighted by atomic mass is 16.5. The van der Waals surface area contributed by atoms with Crippen molar-refractivity contribution < 1.29 is 24.0 Å². The van der Waals surface area contributed by atoms with Gasteiger partial charge >= 0.3 is 5.97 Å². The maximum absolute atomic E-state index is 12.1. The van der Waals surface area contributed by atoms with E-state index < -0.39 is 17.9 Å². The largest absolute Gasteiger partial charge is 0.497 e. The summed E-state index contributed by atoms with van der Waals surface area (Å²) < 4.78 is 11.5. The molecule has 1 aromatic carbocycles. The van der Waals surface area contributed by atoms with Crippen LogP contribution in [-0.4, -0.2) is 49.2 Å². The Bertz CT molecular complexity index is 966. The number of hydrogen-bond acceptors (Lipinski definition) is 8. The molecule has 1 atom stereocenters. The summed E-state index contributed by atoms with van der Waals surface area (Å²) in [5.74, 6) is -0.372. The smallest absolute Gasteiger partial charge is 0.358 e. The predicted molar refractivity (Wildman–Crippen MR) is 89.8 cm³/mol. The van der Waals surface area contributed by atoms with Crippen LogP contribution >= 0.6 is 0 Å². The second kappa shape index (κ2) is 7.64. The summed E-state index contributed by atoms with van der Waals surface area (Å²) >= 11 is 0. The molecule has 11 nitrogen and oxygen atoms in total. The third kappa shape index (κ3) is 4.26. The van der Waals surface area contributed by atoms with Crippen molar-refractivity contribution in [3.05, 3.63) is 42.0 Å². The number of rotatable bonds is 7. The van der Waals surface area contributed by atoms with Crippen molar-refractivity contribution in [3.63, 3.8) is 0 Å². The Kier molecular flexibility index (Phi) is 5.11. The molecule has 0 radical (unpaired) electrons. The van der Waals surface area contributed by atoms with E-state index in [1.54, 1.807) is 32.2 Å². The number of aromatic carboxylic acids is 1. The van der Waals surface area contributed by atoms with Crippen LogP contribution in [-0.2, 0) is 11.3 Å². The Morgan fingerprint density at radius 1 is 1.41 bits per heavy atom. The van der Waals surface area contributed by atoms with Crippen molar-refractivity contribution in [1.82, 2.24) is 30.5 Å². The zero-order chi connectivity index (χ0) is 19.4. The van der Waals surface area contributed by atoms with Crippen LogP contribution in [0.2, 0.25) is 0 Å². The Morgan fingerprint density at radius 3 is 2.93 bits per heavy atom. The fourth-order valence-corrected chi connectivity index (χ4v) is 2.26. The average molecular weight is 372 g/mol. The van der Waals surface area contributed by atoms with Crippen molar-refractivity contribution in [2.45, 2.75) is 19.5 Å². The third-order valence-corrected chi connectivity index (χ3v) is 3.58. The van der Waals surface area contributed by atoms with Gasteiger partial charge in [0.1, 0.15) is 18.3 Å². The molecule has 27 heavy (non-hydrogen) atoms. The number of carbonyl (C=O) groups is 2. The van der Waals surface area contributed by atoms with Crippen molar-refractivity contribution >= 4 is 11.9 Å². The number of ether oxygens (including phenoxy) is 1. The van der Waals surface area contributed by atoms with Gasteiger partial charge in [0.15, 0.2) is 5.69 Å². The molecule has 140 valence electrons. The number of aromatic nitrogens is 5. The number of carboxylic acid groups (broad SMARTS) is 1. The summed E-state index contributed by atoms with van der Waals surface area (Å²) in [6.07, 6.45) is 1.17. The number of carboxylic acids is 1. The van der Waals surface area contributed by atoms with Crippen LogP contribution in [0.1, 0.15) is 29.3 Å². The van der Waals surface area contributed by atoms with Crippen LogP contribution in [0.25, 0.3) is 11.4 Å². The first kappa shape index (κ1) is 18.0. The van der Waals surface area contributed by atoms with E-state index in [4.69, 9.17) is 14.4 Å². The van der Waals surface area contributed by atoms with Crippen molar-refractivity contribution in [2.24, 2.45) is 0 Å². The molecular weight excluding hydrogens is 356 g/mol. The van der Waals surface area contributed by atoms with Crippen LogP contribution in [0, 0.1) is 0 Å². The Hall–Kier alpha value is -3.76. The molecule has 1 unspecified atom stereocenters. The number of benzene rings is 1. The molecule has 3 aromatic rings. The molecule has 0 aliphatic carbocycles. The summed E-state index contributed by atoms with van der Waals surface area (Å²) in [6.45, 7) is 1.49. The van der Waals surface area contributed by atoms with Gasteiger partial charge in [-0.05, 0) is 19.1 Å². The zero-order valence-electron chi connectivity index (χ0n) is 14.5.